The van der Waals surface area contributed by atoms with Crippen molar-refractivity contribution in [2.45, 2.75) is 58.5 Å². The zero-order valence-electron chi connectivity index (χ0n) is 11.2. The Morgan fingerprint density at radius 2 is 1.27 bits per heavy atom. The average molecular weight is 228 g/mol. The third-order valence-electron chi connectivity index (χ3n) is 2.81. The van der Waals surface area contributed by atoms with Crippen molar-refractivity contribution >= 4 is 8.41 Å². The number of rotatable bonds is 2. The highest BCUT2D eigenvalue weighted by molar-refractivity contribution is 6.83. The monoisotopic (exact) mass is 228 g/mol. The molecule has 0 aromatic carbocycles. The van der Waals surface area contributed by atoms with Gasteiger partial charge in [0.05, 0.1) is 0 Å². The van der Waals surface area contributed by atoms with E-state index in [2.05, 4.69) is 0 Å². The molecule has 0 aromatic rings. The Balaban J connectivity index is 5.24. The van der Waals surface area contributed by atoms with Crippen molar-refractivity contribution in [3.8, 4) is 0 Å². The highest BCUT2D eigenvalue weighted by Gasteiger charge is 2.53. The Bertz CT molecular complexity index is 237. The Morgan fingerprint density at radius 3 is 1.53 bits per heavy atom. The second kappa shape index (κ2) is 4.65. The average Bonchev–Trinajstić information content (AvgIpc) is 2.00. The van der Waals surface area contributed by atoms with Gasteiger partial charge in [0, 0.05) is 0 Å². The van der Waals surface area contributed by atoms with Crippen LogP contribution in [0.3, 0.4) is 0 Å². The summed E-state index contributed by atoms with van der Waals surface area (Å²) in [5, 5.41) is -0.521. The molecule has 0 aliphatic rings. The minimum Gasteiger partial charge on any atom is -0.307 e. The maximum atomic E-state index is 15.1. The number of allylic oxidation sites excluding steroid dienone is 3. The standard InChI is InChI=1S/C13H25FSi/c1-8-9-10-11-15(14,12(2,3)4)13(5,6)7/h8-11H,1-7H3/b9-8-,11-10+. The SMILES string of the molecule is C/C=C\C=C\[Si](F)(C(C)(C)C)C(C)(C)C. The molecule has 0 amide bonds. The van der Waals surface area contributed by atoms with Crippen LogP contribution in [0.1, 0.15) is 48.5 Å². The van der Waals surface area contributed by atoms with Gasteiger partial charge in [0.25, 0.3) is 8.41 Å². The summed E-state index contributed by atoms with van der Waals surface area (Å²) in [6.07, 6.45) is 5.69. The lowest BCUT2D eigenvalue weighted by Crippen LogP contribution is -2.46. The van der Waals surface area contributed by atoms with E-state index >= 15 is 4.11 Å². The first kappa shape index (κ1) is 14.6. The zero-order chi connectivity index (χ0) is 12.3. The van der Waals surface area contributed by atoms with Crippen LogP contribution in [-0.2, 0) is 0 Å². The Labute approximate surface area is 95.5 Å². The van der Waals surface area contributed by atoms with Crippen LogP contribution < -0.4 is 0 Å². The smallest absolute Gasteiger partial charge is 0.281 e. The molecule has 0 radical (unpaired) electrons. The van der Waals surface area contributed by atoms with Crippen LogP contribution in [0.25, 0.3) is 0 Å². The molecule has 0 rings (SSSR count). The van der Waals surface area contributed by atoms with E-state index in [1.807, 2.05) is 72.4 Å². The number of hydrogen-bond donors (Lipinski definition) is 0. The predicted octanol–water partition coefficient (Wildman–Crippen LogP) is 5.17. The van der Waals surface area contributed by atoms with Crippen LogP contribution in [0.5, 0.6) is 0 Å². The predicted molar refractivity (Wildman–Crippen MR) is 70.2 cm³/mol. The summed E-state index contributed by atoms with van der Waals surface area (Å²) in [5.41, 5.74) is 1.83. The molecule has 88 valence electrons. The quantitative estimate of drug-likeness (QED) is 0.347. The van der Waals surface area contributed by atoms with Crippen molar-refractivity contribution in [2.75, 3.05) is 0 Å². The summed E-state index contributed by atoms with van der Waals surface area (Å²) < 4.78 is 15.1. The molecule has 0 atom stereocenters. The van der Waals surface area contributed by atoms with Crippen LogP contribution in [0.4, 0.5) is 4.11 Å². The molecule has 0 spiro atoms. The fourth-order valence-corrected chi connectivity index (χ4v) is 5.55. The van der Waals surface area contributed by atoms with Gasteiger partial charge in [-0.05, 0) is 17.0 Å². The molecule has 0 nitrogen and oxygen atoms in total. The molecule has 2 heteroatoms. The topological polar surface area (TPSA) is 0 Å². The highest BCUT2D eigenvalue weighted by Crippen LogP contribution is 2.52. The highest BCUT2D eigenvalue weighted by atomic mass is 28.4. The van der Waals surface area contributed by atoms with E-state index in [4.69, 9.17) is 0 Å². The maximum Gasteiger partial charge on any atom is 0.281 e. The molecule has 0 heterocycles. The largest absolute Gasteiger partial charge is 0.307 e. The van der Waals surface area contributed by atoms with E-state index < -0.39 is 8.41 Å². The number of hydrogen-bond acceptors (Lipinski definition) is 0. The van der Waals surface area contributed by atoms with Crippen LogP contribution in [0.2, 0.25) is 10.1 Å². The molecule has 0 aliphatic heterocycles. The van der Waals surface area contributed by atoms with E-state index in [1.54, 1.807) is 0 Å². The van der Waals surface area contributed by atoms with Gasteiger partial charge in [-0.2, -0.15) is 0 Å². The molecule has 0 bridgehead atoms. The van der Waals surface area contributed by atoms with Crippen molar-refractivity contribution in [2.24, 2.45) is 0 Å². The third kappa shape index (κ3) is 3.30. The van der Waals surface area contributed by atoms with Crippen molar-refractivity contribution in [3.63, 3.8) is 0 Å². The molecule has 15 heavy (non-hydrogen) atoms. The van der Waals surface area contributed by atoms with Crippen LogP contribution in [-0.4, -0.2) is 8.41 Å². The Morgan fingerprint density at radius 1 is 0.867 bits per heavy atom. The minimum atomic E-state index is -2.92. The van der Waals surface area contributed by atoms with Crippen LogP contribution in [0, 0.1) is 0 Å². The molecule has 0 aromatic heterocycles. The summed E-state index contributed by atoms with van der Waals surface area (Å²) >= 11 is 0. The summed E-state index contributed by atoms with van der Waals surface area (Å²) in [4.78, 5) is 0. The van der Waals surface area contributed by atoms with Gasteiger partial charge in [-0.3, -0.25) is 0 Å². The molecule has 0 N–H and O–H groups in total. The molecular weight excluding hydrogens is 203 g/mol. The van der Waals surface area contributed by atoms with Gasteiger partial charge in [-0.15, -0.1) is 0 Å². The number of halogens is 1. The lowest BCUT2D eigenvalue weighted by Gasteiger charge is -2.42. The van der Waals surface area contributed by atoms with Gasteiger partial charge in [-0.1, -0.05) is 65.5 Å². The summed E-state index contributed by atoms with van der Waals surface area (Å²) in [7, 11) is -2.92. The molecule has 0 unspecified atom stereocenters. The summed E-state index contributed by atoms with van der Waals surface area (Å²) in [5.74, 6) is 0. The van der Waals surface area contributed by atoms with Gasteiger partial charge in [-0.25, -0.2) is 0 Å². The molecule has 0 saturated heterocycles. The van der Waals surface area contributed by atoms with Gasteiger partial charge in [0.15, 0.2) is 0 Å². The minimum absolute atomic E-state index is 0.261. The first-order valence-corrected chi connectivity index (χ1v) is 7.51. The van der Waals surface area contributed by atoms with E-state index in [9.17, 15) is 0 Å². The van der Waals surface area contributed by atoms with Crippen LogP contribution >= 0.6 is 0 Å². The lowest BCUT2D eigenvalue weighted by atomic mass is 10.2. The van der Waals surface area contributed by atoms with Crippen LogP contribution in [0.15, 0.2) is 23.9 Å². The molecule has 0 aliphatic carbocycles. The molecule has 0 fully saturated rings. The zero-order valence-corrected chi connectivity index (χ0v) is 12.2. The fraction of sp³-hybridized carbons (Fsp3) is 0.692. The maximum absolute atomic E-state index is 15.1. The fourth-order valence-electron chi connectivity index (χ4n) is 1.92. The summed E-state index contributed by atoms with van der Waals surface area (Å²) in [6, 6.07) is 0. The van der Waals surface area contributed by atoms with E-state index in [0.29, 0.717) is 0 Å². The van der Waals surface area contributed by atoms with E-state index in [1.165, 1.54) is 0 Å². The Kier molecular flexibility index (Phi) is 4.53. The summed E-state index contributed by atoms with van der Waals surface area (Å²) in [6.45, 7) is 14.0. The van der Waals surface area contributed by atoms with Gasteiger partial charge in [0.1, 0.15) is 0 Å². The Hall–Kier alpha value is -0.373. The second-order valence-electron chi connectivity index (χ2n) is 6.10. The van der Waals surface area contributed by atoms with Gasteiger partial charge < -0.3 is 4.11 Å². The van der Waals surface area contributed by atoms with Crippen molar-refractivity contribution < 1.29 is 4.11 Å². The van der Waals surface area contributed by atoms with Crippen molar-refractivity contribution in [1.29, 1.82) is 0 Å². The van der Waals surface area contributed by atoms with E-state index in [0.717, 1.165) is 0 Å². The van der Waals surface area contributed by atoms with Crippen molar-refractivity contribution in [3.05, 3.63) is 23.9 Å². The lowest BCUT2D eigenvalue weighted by molar-refractivity contribution is 0.533. The third-order valence-corrected chi connectivity index (χ3v) is 7.83. The first-order valence-electron chi connectivity index (χ1n) is 5.56. The first-order chi connectivity index (χ1) is 6.56. The molecular formula is C13H25FSi. The van der Waals surface area contributed by atoms with E-state index in [-0.39, 0.29) is 10.1 Å². The van der Waals surface area contributed by atoms with Crippen molar-refractivity contribution in [1.82, 2.24) is 0 Å². The molecule has 0 saturated carbocycles. The van der Waals surface area contributed by atoms with Gasteiger partial charge >= 0.3 is 0 Å². The normalized spacial score (nSPS) is 15.5. The second-order valence-corrected chi connectivity index (χ2v) is 10.9. The van der Waals surface area contributed by atoms with Gasteiger partial charge in [0.2, 0.25) is 0 Å².